The first-order valence-electron chi connectivity index (χ1n) is 30.1. The number of nitrogens with zero attached hydrogens (tertiary/aromatic N) is 5. The zero-order chi connectivity index (χ0) is 56.1. The van der Waals surface area contributed by atoms with E-state index in [0.29, 0.717) is 11.8 Å². The van der Waals surface area contributed by atoms with Crippen LogP contribution in [0.3, 0.4) is 0 Å². The first kappa shape index (κ1) is 48.3. The van der Waals surface area contributed by atoms with Gasteiger partial charge in [0.05, 0.1) is 50.0 Å². The van der Waals surface area contributed by atoms with Crippen molar-refractivity contribution in [2.45, 2.75) is 44.2 Å². The van der Waals surface area contributed by atoms with E-state index in [1.165, 1.54) is 123 Å². The number of nitrogens with one attached hydrogen (secondary N) is 1. The molecule has 18 rings (SSSR count). The summed E-state index contributed by atoms with van der Waals surface area (Å²) in [6.45, 7) is 4.77. The minimum Gasteiger partial charge on any atom is -0.356 e. The number of allylic oxidation sites excluding steroid dienone is 2. The maximum Gasteiger partial charge on any atom is 0.142 e. The molecule has 404 valence electrons. The molecule has 13 aromatic rings. The monoisotopic (exact) mass is 1090 g/mol. The number of imidazole rings is 1. The lowest BCUT2D eigenvalue weighted by Crippen LogP contribution is -2.38. The summed E-state index contributed by atoms with van der Waals surface area (Å²) in [7, 11) is 0. The van der Waals surface area contributed by atoms with Crippen LogP contribution in [-0.4, -0.2) is 24.5 Å². The quantitative estimate of drug-likeness (QED) is 0.165. The number of fused-ring (bicyclic) bond motifs is 13. The van der Waals surface area contributed by atoms with Crippen LogP contribution in [0.25, 0.3) is 106 Å². The van der Waals surface area contributed by atoms with Crippen LogP contribution in [-0.2, 0) is 17.5 Å². The second kappa shape index (κ2) is 18.1. The van der Waals surface area contributed by atoms with E-state index < -0.39 is 11.1 Å². The van der Waals surface area contributed by atoms with Gasteiger partial charge in [-0.1, -0.05) is 182 Å². The van der Waals surface area contributed by atoms with Gasteiger partial charge in [-0.15, -0.1) is 0 Å². The molecule has 0 saturated heterocycles. The second-order valence-corrected chi connectivity index (χ2v) is 24.3. The molecule has 2 aliphatic heterocycles. The Morgan fingerprint density at radius 3 is 1.96 bits per heavy atom. The van der Waals surface area contributed by atoms with Crippen molar-refractivity contribution >= 4 is 61.3 Å². The number of rotatable bonds is 8. The highest BCUT2D eigenvalue weighted by Gasteiger charge is 2.52. The molecule has 3 aromatic heterocycles. The van der Waals surface area contributed by atoms with Gasteiger partial charge in [0.1, 0.15) is 11.7 Å². The van der Waals surface area contributed by atoms with Crippen molar-refractivity contribution in [2.75, 3.05) is 0 Å². The molecule has 1 saturated carbocycles. The molecule has 4 atom stereocenters. The first-order chi connectivity index (χ1) is 41.9. The average molecular weight is 1090 g/mol. The standard InChI is InChI=1S/C79H58N6/c1-78(56-37-43-72-66(47-56)62-23-11-14-27-71(62)83(72)59-19-7-4-8-20-59)68-41-34-55-45-65(55)75(68)76(82-78)80-58-38-32-51(33-39-58)50-28-30-52(31-29-50)53-18-15-21-60(44-53)84-70-26-13-10-22-61(70)63-40-36-57(48-73(63)84)79(2)67-25-12-9-24-64(67)77-81-69-42-35-54(46-74(69)85(77)79)49-16-5-3-6-17-49/h3-35,37-39,41-44,46-48,55,65H,36,40,45H2,1-2H3,(H,80,82). The zero-order valence-corrected chi connectivity index (χ0v) is 47.3. The lowest BCUT2D eigenvalue weighted by Gasteiger charge is -2.34. The van der Waals surface area contributed by atoms with Gasteiger partial charge >= 0.3 is 0 Å². The van der Waals surface area contributed by atoms with Crippen LogP contribution in [0, 0.1) is 11.8 Å². The van der Waals surface area contributed by atoms with Gasteiger partial charge in [0.2, 0.25) is 0 Å². The summed E-state index contributed by atoms with van der Waals surface area (Å²) in [4.78, 5) is 10.8. The highest BCUT2D eigenvalue weighted by Crippen LogP contribution is 2.56. The van der Waals surface area contributed by atoms with Crippen molar-refractivity contribution < 1.29 is 0 Å². The van der Waals surface area contributed by atoms with E-state index in [2.05, 4.69) is 294 Å². The van der Waals surface area contributed by atoms with E-state index in [1.807, 2.05) is 0 Å². The van der Waals surface area contributed by atoms with Crippen LogP contribution in [0.2, 0.25) is 0 Å². The van der Waals surface area contributed by atoms with E-state index in [9.17, 15) is 0 Å². The van der Waals surface area contributed by atoms with Crippen LogP contribution in [0.5, 0.6) is 0 Å². The van der Waals surface area contributed by atoms with Gasteiger partial charge in [-0.25, -0.2) is 9.98 Å². The van der Waals surface area contributed by atoms with Gasteiger partial charge in [0.15, 0.2) is 0 Å². The van der Waals surface area contributed by atoms with Gasteiger partial charge in [0.25, 0.3) is 0 Å². The summed E-state index contributed by atoms with van der Waals surface area (Å²) < 4.78 is 7.44. The van der Waals surface area contributed by atoms with Crippen molar-refractivity contribution in [3.05, 3.63) is 294 Å². The molecule has 1 N–H and O–H groups in total. The van der Waals surface area contributed by atoms with Crippen LogP contribution in [0.4, 0.5) is 5.69 Å². The van der Waals surface area contributed by atoms with Crippen molar-refractivity contribution in [1.82, 2.24) is 24.0 Å². The molecule has 0 bridgehead atoms. The molecule has 5 aliphatic rings. The van der Waals surface area contributed by atoms with Gasteiger partial charge < -0.3 is 19.0 Å². The summed E-state index contributed by atoms with van der Waals surface area (Å²) in [5, 5.41) is 7.86. The molecule has 0 spiro atoms. The lowest BCUT2D eigenvalue weighted by molar-refractivity contribution is 0.486. The third kappa shape index (κ3) is 7.18. The molecule has 1 fully saturated rings. The van der Waals surface area contributed by atoms with Crippen LogP contribution in [0.15, 0.2) is 277 Å². The van der Waals surface area contributed by atoms with Crippen LogP contribution >= 0.6 is 0 Å². The Balaban J connectivity index is 0.652. The third-order valence-corrected chi connectivity index (χ3v) is 19.7. The summed E-state index contributed by atoms with van der Waals surface area (Å²) in [5.41, 5.74) is 25.9. The van der Waals surface area contributed by atoms with Gasteiger partial charge in [-0.05, 0) is 185 Å². The predicted molar refractivity (Wildman–Crippen MR) is 350 cm³/mol. The number of hydrogen-bond acceptors (Lipinski definition) is 2. The van der Waals surface area contributed by atoms with E-state index in [0.717, 1.165) is 46.9 Å². The minimum absolute atomic E-state index is 0.433. The number of hydrogen-bond donors (Lipinski definition) is 1. The number of para-hydroxylation sites is 3. The lowest BCUT2D eigenvalue weighted by atomic mass is 9.78. The summed E-state index contributed by atoms with van der Waals surface area (Å²) >= 11 is 0. The molecule has 0 amide bonds. The average Bonchev–Trinajstić information content (AvgIpc) is 1.94. The maximum atomic E-state index is 5.43. The summed E-state index contributed by atoms with van der Waals surface area (Å²) in [6, 6.07) is 88.9. The molecular weight excluding hydrogens is 1030 g/mol. The number of aromatic nitrogens is 4. The molecule has 5 heterocycles. The highest BCUT2D eigenvalue weighted by atomic mass is 15.2. The van der Waals surface area contributed by atoms with Crippen molar-refractivity contribution in [3.8, 4) is 56.1 Å². The summed E-state index contributed by atoms with van der Waals surface area (Å²) in [6.07, 6.45) is 10.4. The van der Waals surface area contributed by atoms with Gasteiger partial charge in [0, 0.05) is 38.7 Å². The zero-order valence-electron chi connectivity index (χ0n) is 47.3. The van der Waals surface area contributed by atoms with Crippen molar-refractivity contribution in [2.24, 2.45) is 16.8 Å². The normalized spacial score (nSPS) is 20.4. The smallest absolute Gasteiger partial charge is 0.142 e. The highest BCUT2D eigenvalue weighted by molar-refractivity contribution is 6.11. The van der Waals surface area contributed by atoms with Crippen LogP contribution in [0.1, 0.15) is 49.1 Å². The Hall–Kier alpha value is -10.3. The minimum atomic E-state index is -0.443. The topological polar surface area (TPSA) is 52.1 Å². The Morgan fingerprint density at radius 2 is 1.15 bits per heavy atom. The molecule has 10 aromatic carbocycles. The van der Waals surface area contributed by atoms with Crippen molar-refractivity contribution in [1.29, 1.82) is 0 Å². The predicted octanol–water partition coefficient (Wildman–Crippen LogP) is 18.9. The third-order valence-electron chi connectivity index (χ3n) is 19.7. The molecule has 6 heteroatoms. The van der Waals surface area contributed by atoms with Crippen LogP contribution < -0.4 is 5.32 Å². The van der Waals surface area contributed by atoms with Gasteiger partial charge in [-0.3, -0.25) is 0 Å². The van der Waals surface area contributed by atoms with E-state index in [1.54, 1.807) is 0 Å². The molecule has 3 aliphatic carbocycles. The fourth-order valence-corrected chi connectivity index (χ4v) is 15.3. The van der Waals surface area contributed by atoms with E-state index in [-0.39, 0.29) is 0 Å². The molecular formula is C79H58N6. The first-order valence-corrected chi connectivity index (χ1v) is 30.1. The van der Waals surface area contributed by atoms with Crippen molar-refractivity contribution in [3.63, 3.8) is 0 Å². The van der Waals surface area contributed by atoms with E-state index in [4.69, 9.17) is 9.98 Å². The fourth-order valence-electron chi connectivity index (χ4n) is 15.3. The number of aliphatic imine (C=N–C) groups is 1. The Kier molecular flexibility index (Phi) is 10.3. The Labute approximate surface area is 493 Å². The Morgan fingerprint density at radius 1 is 0.518 bits per heavy atom. The fraction of sp³-hybridized carbons (Fsp3) is 0.114. The maximum absolute atomic E-state index is 5.43. The molecule has 4 unspecified atom stereocenters. The SMILES string of the molecule is CC1(c2ccc3c(c2)c2ccccc2n3-c2ccccc2)NC(=Nc2ccc(-c3ccc(-c4cccc(-n5c6c(c7ccccc75)CCC(C5(C)c7ccccc7-c7nc8ccc(-c9ccccc9)cc8n75)=C6)c4)cc3)cc2)C2=C1C=CC1CC21. The largest absolute Gasteiger partial charge is 0.356 e. The summed E-state index contributed by atoms with van der Waals surface area (Å²) in [5.74, 6) is 3.13. The molecule has 6 nitrogen and oxygen atoms in total. The number of benzene rings is 10. The number of amidine groups is 1. The van der Waals surface area contributed by atoms with Gasteiger partial charge in [-0.2, -0.15) is 0 Å². The molecule has 85 heavy (non-hydrogen) atoms. The number of aryl methyl sites for hydroxylation is 1. The molecule has 0 radical (unpaired) electrons. The van der Waals surface area contributed by atoms with E-state index >= 15 is 0 Å². The Bertz CT molecular complexity index is 5080. The second-order valence-electron chi connectivity index (χ2n) is 24.3.